The number of amides is 4. The zero-order chi connectivity index (χ0) is 27.5. The molecule has 0 aliphatic carbocycles. The fourth-order valence-corrected chi connectivity index (χ4v) is 3.89. The number of nitrogens with one attached hydrogen (secondary N) is 4. The Morgan fingerprint density at radius 2 is 1.84 bits per heavy atom. The third-order valence-corrected chi connectivity index (χ3v) is 6.26. The van der Waals surface area contributed by atoms with Crippen LogP contribution in [-0.2, 0) is 20.8 Å². The summed E-state index contributed by atoms with van der Waals surface area (Å²) >= 11 is 0. The molecule has 0 saturated carbocycles. The largest absolute Gasteiger partial charge is 0.491 e. The Hall–Kier alpha value is -3.99. The summed E-state index contributed by atoms with van der Waals surface area (Å²) in [6.07, 6.45) is 3.72. The molecule has 3 atom stereocenters. The zero-order valence-corrected chi connectivity index (χ0v) is 21.6. The molecule has 0 radical (unpaired) electrons. The number of benzene rings is 1. The van der Waals surface area contributed by atoms with Gasteiger partial charge in [-0.15, -0.1) is 0 Å². The predicted octanol–water partition coefficient (Wildman–Crippen LogP) is 0.329. The smallest absolute Gasteiger partial charge is 0.255 e. The van der Waals surface area contributed by atoms with E-state index in [1.165, 1.54) is 0 Å². The number of hydrogen-bond acceptors (Lipinski definition) is 7. The van der Waals surface area contributed by atoms with Gasteiger partial charge in [-0.3, -0.25) is 24.2 Å². The van der Waals surface area contributed by atoms with Crippen LogP contribution in [0.25, 0.3) is 0 Å². The first-order chi connectivity index (χ1) is 18.3. The SMILES string of the molecule is CC(C)[C@@H]1COc2ccccc2C(=O)N[C@H](C(=O)NCCc2ccncc2)CCC(=O)N[C@@H](CO)C(=O)N1. The minimum Gasteiger partial charge on any atom is -0.491 e. The predicted molar refractivity (Wildman–Crippen MR) is 139 cm³/mol. The molecule has 1 aliphatic heterocycles. The van der Waals surface area contributed by atoms with Crippen LogP contribution in [0.15, 0.2) is 48.8 Å². The Morgan fingerprint density at radius 1 is 1.11 bits per heavy atom. The third kappa shape index (κ3) is 8.27. The Kier molecular flexibility index (Phi) is 10.6. The summed E-state index contributed by atoms with van der Waals surface area (Å²) in [4.78, 5) is 55.6. The van der Waals surface area contributed by atoms with E-state index < -0.39 is 48.4 Å². The molecule has 1 aliphatic rings. The molecule has 0 bridgehead atoms. The molecule has 204 valence electrons. The van der Waals surface area contributed by atoms with Gasteiger partial charge in [0.25, 0.3) is 5.91 Å². The van der Waals surface area contributed by atoms with Gasteiger partial charge in [-0.1, -0.05) is 26.0 Å². The average Bonchev–Trinajstić information content (AvgIpc) is 2.91. The number of carbonyl (C=O) groups is 4. The number of pyridine rings is 1. The van der Waals surface area contributed by atoms with Crippen molar-refractivity contribution in [2.75, 3.05) is 19.8 Å². The van der Waals surface area contributed by atoms with Gasteiger partial charge in [0.15, 0.2) is 0 Å². The van der Waals surface area contributed by atoms with Crippen LogP contribution in [-0.4, -0.2) is 71.6 Å². The van der Waals surface area contributed by atoms with Gasteiger partial charge < -0.3 is 31.1 Å². The fourth-order valence-electron chi connectivity index (χ4n) is 3.89. The lowest BCUT2D eigenvalue weighted by Crippen LogP contribution is -2.54. The van der Waals surface area contributed by atoms with Gasteiger partial charge in [-0.2, -0.15) is 0 Å². The molecule has 4 amide bonds. The first-order valence-corrected chi connectivity index (χ1v) is 12.7. The third-order valence-electron chi connectivity index (χ3n) is 6.26. The molecule has 2 heterocycles. The summed E-state index contributed by atoms with van der Waals surface area (Å²) in [5.41, 5.74) is 1.22. The van der Waals surface area contributed by atoms with E-state index >= 15 is 0 Å². The fraction of sp³-hybridized carbons (Fsp3) is 0.444. The Bertz CT molecular complexity index is 1110. The second-order valence-electron chi connectivity index (χ2n) is 9.43. The minimum absolute atomic E-state index is 0.0178. The molecule has 3 rings (SSSR count). The molecule has 1 aromatic heterocycles. The molecule has 11 nitrogen and oxygen atoms in total. The molecule has 0 fully saturated rings. The summed E-state index contributed by atoms with van der Waals surface area (Å²) in [6, 6.07) is 7.67. The lowest BCUT2D eigenvalue weighted by atomic mass is 10.0. The molecule has 11 heteroatoms. The number of hydrogen-bond donors (Lipinski definition) is 5. The van der Waals surface area contributed by atoms with Gasteiger partial charge in [0.2, 0.25) is 17.7 Å². The van der Waals surface area contributed by atoms with Crippen molar-refractivity contribution < 1.29 is 29.0 Å². The topological polar surface area (TPSA) is 159 Å². The number of aliphatic hydroxyl groups excluding tert-OH is 1. The van der Waals surface area contributed by atoms with E-state index in [4.69, 9.17) is 4.74 Å². The van der Waals surface area contributed by atoms with Crippen LogP contribution < -0.4 is 26.0 Å². The number of ether oxygens (including phenoxy) is 1. The van der Waals surface area contributed by atoms with Gasteiger partial charge in [0.05, 0.1) is 18.2 Å². The van der Waals surface area contributed by atoms with Crippen LogP contribution in [0.1, 0.15) is 42.6 Å². The lowest BCUT2D eigenvalue weighted by molar-refractivity contribution is -0.131. The standard InChI is InChI=1S/C27H35N5O6/c1-17(2)22-16-38-23-6-4-3-5-19(23)25(35)31-20(7-8-24(34)30-21(15-33)27(37)32-22)26(36)29-14-11-18-9-12-28-13-10-18/h3-6,9-10,12-13,17,20-22,33H,7-8,11,14-16H2,1-2H3,(H,29,36)(H,30,34)(H,31,35)(H,32,37)/t20-,21-,22-/m0/s1. The summed E-state index contributed by atoms with van der Waals surface area (Å²) < 4.78 is 5.92. The van der Waals surface area contributed by atoms with Crippen LogP contribution in [0.5, 0.6) is 5.75 Å². The molecule has 38 heavy (non-hydrogen) atoms. The van der Waals surface area contributed by atoms with Crippen LogP contribution in [0.3, 0.4) is 0 Å². The van der Waals surface area contributed by atoms with Crippen molar-refractivity contribution in [1.82, 2.24) is 26.3 Å². The number of aliphatic hydroxyl groups is 1. The average molecular weight is 526 g/mol. The molecule has 0 spiro atoms. The maximum Gasteiger partial charge on any atom is 0.255 e. The van der Waals surface area contributed by atoms with E-state index in [0.29, 0.717) is 18.7 Å². The van der Waals surface area contributed by atoms with Crippen molar-refractivity contribution in [3.05, 3.63) is 59.9 Å². The summed E-state index contributed by atoms with van der Waals surface area (Å²) in [5.74, 6) is -1.79. The van der Waals surface area contributed by atoms with Gasteiger partial charge in [0, 0.05) is 25.4 Å². The quantitative estimate of drug-likeness (QED) is 0.363. The molecule has 2 aromatic rings. The highest BCUT2D eigenvalue weighted by atomic mass is 16.5. The van der Waals surface area contributed by atoms with Gasteiger partial charge in [-0.25, -0.2) is 0 Å². The number of para-hydroxylation sites is 1. The van der Waals surface area contributed by atoms with Crippen LogP contribution in [0, 0.1) is 5.92 Å². The second kappa shape index (κ2) is 14.1. The maximum atomic E-state index is 13.2. The number of rotatable bonds is 6. The molecule has 0 unspecified atom stereocenters. The zero-order valence-electron chi connectivity index (χ0n) is 21.6. The summed E-state index contributed by atoms with van der Waals surface area (Å²) in [5, 5.41) is 20.6. The highest BCUT2D eigenvalue weighted by Crippen LogP contribution is 2.19. The van der Waals surface area contributed by atoms with Crippen molar-refractivity contribution in [2.45, 2.75) is 51.2 Å². The minimum atomic E-state index is -1.16. The van der Waals surface area contributed by atoms with E-state index in [1.807, 2.05) is 26.0 Å². The van der Waals surface area contributed by atoms with Gasteiger partial charge in [-0.05, 0) is 48.6 Å². The van der Waals surface area contributed by atoms with Crippen molar-refractivity contribution in [1.29, 1.82) is 0 Å². The van der Waals surface area contributed by atoms with Crippen molar-refractivity contribution in [3.8, 4) is 5.75 Å². The first-order valence-electron chi connectivity index (χ1n) is 12.7. The van der Waals surface area contributed by atoms with Crippen LogP contribution in [0.4, 0.5) is 0 Å². The van der Waals surface area contributed by atoms with E-state index in [2.05, 4.69) is 26.3 Å². The second-order valence-corrected chi connectivity index (χ2v) is 9.43. The molecular weight excluding hydrogens is 490 g/mol. The van der Waals surface area contributed by atoms with E-state index in [9.17, 15) is 24.3 Å². The number of carbonyl (C=O) groups excluding carboxylic acids is 4. The monoisotopic (exact) mass is 525 g/mol. The number of aromatic nitrogens is 1. The Morgan fingerprint density at radius 3 is 2.55 bits per heavy atom. The lowest BCUT2D eigenvalue weighted by Gasteiger charge is -2.25. The first kappa shape index (κ1) is 28.6. The van der Waals surface area contributed by atoms with E-state index in [1.54, 1.807) is 36.7 Å². The Balaban J connectivity index is 1.81. The molecule has 5 N–H and O–H groups in total. The summed E-state index contributed by atoms with van der Waals surface area (Å²) in [7, 11) is 0. The number of nitrogens with zero attached hydrogens (tertiary/aromatic N) is 1. The van der Waals surface area contributed by atoms with Crippen LogP contribution >= 0.6 is 0 Å². The molecule has 0 saturated heterocycles. The van der Waals surface area contributed by atoms with Crippen molar-refractivity contribution in [3.63, 3.8) is 0 Å². The summed E-state index contributed by atoms with van der Waals surface area (Å²) in [6.45, 7) is 3.57. The van der Waals surface area contributed by atoms with Crippen molar-refractivity contribution >= 4 is 23.6 Å². The Labute approximate surface area is 221 Å². The van der Waals surface area contributed by atoms with E-state index in [0.717, 1.165) is 5.56 Å². The van der Waals surface area contributed by atoms with Crippen LogP contribution in [0.2, 0.25) is 0 Å². The highest BCUT2D eigenvalue weighted by Gasteiger charge is 2.28. The molecule has 1 aromatic carbocycles. The van der Waals surface area contributed by atoms with Gasteiger partial charge in [0.1, 0.15) is 24.4 Å². The maximum absolute atomic E-state index is 13.2. The van der Waals surface area contributed by atoms with Gasteiger partial charge >= 0.3 is 0 Å². The van der Waals surface area contributed by atoms with Crippen molar-refractivity contribution in [2.24, 2.45) is 5.92 Å². The normalized spacial score (nSPS) is 21.1. The van der Waals surface area contributed by atoms with E-state index in [-0.39, 0.29) is 30.9 Å². The number of fused-ring (bicyclic) bond motifs is 1. The molecular formula is C27H35N5O6. The highest BCUT2D eigenvalue weighted by molar-refractivity contribution is 5.99.